The second kappa shape index (κ2) is 4.51. The monoisotopic (exact) mass is 271 g/mol. The maximum atomic E-state index is 12.0. The number of imidazole rings is 1. The first kappa shape index (κ1) is 12.4. The first-order valence-corrected chi connectivity index (χ1v) is 6.29. The van der Waals surface area contributed by atoms with Gasteiger partial charge in [0.25, 0.3) is 0 Å². The number of benzene rings is 1. The van der Waals surface area contributed by atoms with Gasteiger partial charge in [-0.15, -0.1) is 0 Å². The molecule has 0 spiro atoms. The molecule has 3 rings (SSSR count). The van der Waals surface area contributed by atoms with Crippen LogP contribution in [-0.4, -0.2) is 15.5 Å². The minimum atomic E-state index is -0.216. The van der Waals surface area contributed by atoms with Crippen LogP contribution in [0.25, 0.3) is 11.0 Å². The third-order valence-electron chi connectivity index (χ3n) is 3.84. The van der Waals surface area contributed by atoms with E-state index in [1.54, 1.807) is 22.8 Å². The third kappa shape index (κ3) is 1.78. The van der Waals surface area contributed by atoms with E-state index in [0.717, 1.165) is 5.52 Å². The lowest BCUT2D eigenvalue weighted by Crippen LogP contribution is -2.43. The van der Waals surface area contributed by atoms with Crippen molar-refractivity contribution in [2.24, 2.45) is 11.8 Å². The van der Waals surface area contributed by atoms with Gasteiger partial charge in [-0.3, -0.25) is 14.8 Å². The predicted octanol–water partition coefficient (Wildman–Crippen LogP) is 0.142. The van der Waals surface area contributed by atoms with Gasteiger partial charge in [0.15, 0.2) is 0 Å². The van der Waals surface area contributed by atoms with E-state index in [1.165, 1.54) is 0 Å². The van der Waals surface area contributed by atoms with Crippen LogP contribution in [0.4, 0.5) is 0 Å². The van der Waals surface area contributed by atoms with E-state index < -0.39 is 0 Å². The molecule has 4 N–H and O–H groups in total. The van der Waals surface area contributed by atoms with Crippen molar-refractivity contribution in [1.29, 1.82) is 5.26 Å². The minimum absolute atomic E-state index is 0.00788. The maximum Gasteiger partial charge on any atom is 0.326 e. The molecule has 0 aliphatic heterocycles. The molecule has 1 amide bonds. The Morgan fingerprint density at radius 1 is 1.50 bits per heavy atom. The second-order valence-corrected chi connectivity index (χ2v) is 4.97. The fourth-order valence-electron chi connectivity index (χ4n) is 2.69. The van der Waals surface area contributed by atoms with E-state index in [-0.39, 0.29) is 23.6 Å². The lowest BCUT2D eigenvalue weighted by molar-refractivity contribution is -0.128. The number of fused-ring (bicyclic) bond motifs is 1. The van der Waals surface area contributed by atoms with Crippen molar-refractivity contribution in [3.8, 4) is 6.07 Å². The number of nitriles is 1. The molecule has 7 heteroatoms. The number of aromatic amines is 1. The summed E-state index contributed by atoms with van der Waals surface area (Å²) in [5.41, 5.74) is 3.81. The second-order valence-electron chi connectivity index (χ2n) is 4.97. The Balaban J connectivity index is 1.94. The van der Waals surface area contributed by atoms with E-state index in [2.05, 4.69) is 10.4 Å². The molecule has 1 fully saturated rings. The van der Waals surface area contributed by atoms with Crippen molar-refractivity contribution >= 4 is 16.9 Å². The standard InChI is InChI=1S/C13H13N5O2/c14-6-7-1-2-11-10(3-7)16-13(20)18(11)9-4-8(5-9)12(19)17-15/h1-3,8-9H,4-5,15H2,(H,16,20)(H,17,19). The molecule has 102 valence electrons. The van der Waals surface area contributed by atoms with Crippen molar-refractivity contribution in [1.82, 2.24) is 15.0 Å². The lowest BCUT2D eigenvalue weighted by Gasteiger charge is -2.34. The largest absolute Gasteiger partial charge is 0.326 e. The van der Waals surface area contributed by atoms with Crippen LogP contribution < -0.4 is 17.0 Å². The Hall–Kier alpha value is -2.59. The molecule has 2 aromatic rings. The highest BCUT2D eigenvalue weighted by Gasteiger charge is 2.36. The summed E-state index contributed by atoms with van der Waals surface area (Å²) in [6.07, 6.45) is 1.19. The molecule has 1 heterocycles. The van der Waals surface area contributed by atoms with Crippen molar-refractivity contribution in [3.63, 3.8) is 0 Å². The smallest absolute Gasteiger partial charge is 0.305 e. The number of hydrogen-bond acceptors (Lipinski definition) is 4. The summed E-state index contributed by atoms with van der Waals surface area (Å²) in [6.45, 7) is 0. The Bertz CT molecular complexity index is 776. The van der Waals surface area contributed by atoms with Crippen molar-refractivity contribution in [2.75, 3.05) is 0 Å². The molecule has 0 saturated heterocycles. The van der Waals surface area contributed by atoms with Gasteiger partial charge in [0.05, 0.1) is 22.7 Å². The molecular weight excluding hydrogens is 258 g/mol. The van der Waals surface area contributed by atoms with Crippen molar-refractivity contribution < 1.29 is 4.79 Å². The Morgan fingerprint density at radius 3 is 2.90 bits per heavy atom. The molecule has 0 unspecified atom stereocenters. The lowest BCUT2D eigenvalue weighted by atomic mass is 9.79. The van der Waals surface area contributed by atoms with E-state index >= 15 is 0 Å². The zero-order valence-electron chi connectivity index (χ0n) is 10.6. The van der Waals surface area contributed by atoms with Crippen LogP contribution in [0.5, 0.6) is 0 Å². The number of nitrogens with one attached hydrogen (secondary N) is 2. The van der Waals surface area contributed by atoms with E-state index in [9.17, 15) is 9.59 Å². The number of rotatable bonds is 2. The van der Waals surface area contributed by atoms with Gasteiger partial charge < -0.3 is 4.98 Å². The third-order valence-corrected chi connectivity index (χ3v) is 3.84. The highest BCUT2D eigenvalue weighted by molar-refractivity contribution is 5.80. The van der Waals surface area contributed by atoms with Crippen LogP contribution in [0.2, 0.25) is 0 Å². The summed E-state index contributed by atoms with van der Waals surface area (Å²) in [5.74, 6) is 4.76. The molecule has 7 nitrogen and oxygen atoms in total. The minimum Gasteiger partial charge on any atom is -0.305 e. The highest BCUT2D eigenvalue weighted by Crippen LogP contribution is 2.38. The fourth-order valence-corrected chi connectivity index (χ4v) is 2.69. The van der Waals surface area contributed by atoms with Gasteiger partial charge in [0.2, 0.25) is 5.91 Å². The van der Waals surface area contributed by atoms with Crippen LogP contribution in [0.3, 0.4) is 0 Å². The number of nitrogens with zero attached hydrogens (tertiary/aromatic N) is 2. The van der Waals surface area contributed by atoms with Crippen LogP contribution in [0.15, 0.2) is 23.0 Å². The number of aromatic nitrogens is 2. The Kier molecular flexibility index (Phi) is 2.80. The van der Waals surface area contributed by atoms with Crippen molar-refractivity contribution in [2.45, 2.75) is 18.9 Å². The van der Waals surface area contributed by atoms with Crippen LogP contribution >= 0.6 is 0 Å². The van der Waals surface area contributed by atoms with Crippen molar-refractivity contribution in [3.05, 3.63) is 34.2 Å². The molecular formula is C13H13N5O2. The molecule has 20 heavy (non-hydrogen) atoms. The Morgan fingerprint density at radius 2 is 2.25 bits per heavy atom. The topological polar surface area (TPSA) is 117 Å². The van der Waals surface area contributed by atoms with Crippen LogP contribution in [0, 0.1) is 17.2 Å². The highest BCUT2D eigenvalue weighted by atomic mass is 16.2. The summed E-state index contributed by atoms with van der Waals surface area (Å²) in [7, 11) is 0. The summed E-state index contributed by atoms with van der Waals surface area (Å²) >= 11 is 0. The number of carbonyl (C=O) groups is 1. The zero-order chi connectivity index (χ0) is 14.3. The average molecular weight is 271 g/mol. The van der Waals surface area contributed by atoms with Crippen LogP contribution in [-0.2, 0) is 4.79 Å². The number of nitrogens with two attached hydrogens (primary N) is 1. The first-order chi connectivity index (χ1) is 9.63. The van der Waals surface area contributed by atoms with E-state index in [0.29, 0.717) is 23.9 Å². The normalized spacial score (nSPS) is 21.2. The first-order valence-electron chi connectivity index (χ1n) is 6.29. The summed E-state index contributed by atoms with van der Waals surface area (Å²) in [6, 6.07) is 7.10. The Labute approximate surface area is 114 Å². The van der Waals surface area contributed by atoms with Gasteiger partial charge in [-0.1, -0.05) is 0 Å². The number of carbonyl (C=O) groups excluding carboxylic acids is 1. The predicted molar refractivity (Wildman–Crippen MR) is 71.4 cm³/mol. The fraction of sp³-hybridized carbons (Fsp3) is 0.308. The SMILES string of the molecule is N#Cc1ccc2c(c1)[nH]c(=O)n2C1CC(C(=O)NN)C1. The van der Waals surface area contributed by atoms with Crippen LogP contribution in [0.1, 0.15) is 24.4 Å². The maximum absolute atomic E-state index is 12.0. The summed E-state index contributed by atoms with van der Waals surface area (Å²) in [4.78, 5) is 26.1. The molecule has 1 aliphatic rings. The van der Waals surface area contributed by atoms with E-state index in [4.69, 9.17) is 11.1 Å². The number of H-pyrrole nitrogens is 1. The molecule has 1 aromatic heterocycles. The molecule has 0 bridgehead atoms. The summed E-state index contributed by atoms with van der Waals surface area (Å²) < 4.78 is 1.65. The van der Waals surface area contributed by atoms with E-state index in [1.807, 2.05) is 6.07 Å². The number of hydrogen-bond donors (Lipinski definition) is 3. The van der Waals surface area contributed by atoms with Gasteiger partial charge in [-0.05, 0) is 31.0 Å². The molecule has 0 radical (unpaired) electrons. The number of amides is 1. The van der Waals surface area contributed by atoms with Gasteiger partial charge in [-0.25, -0.2) is 10.6 Å². The molecule has 1 aliphatic carbocycles. The quantitative estimate of drug-likeness (QED) is 0.409. The molecule has 0 atom stereocenters. The van der Waals surface area contributed by atoms with Gasteiger partial charge in [0, 0.05) is 12.0 Å². The van der Waals surface area contributed by atoms with Gasteiger partial charge >= 0.3 is 5.69 Å². The van der Waals surface area contributed by atoms with Gasteiger partial charge in [-0.2, -0.15) is 5.26 Å². The molecule has 1 aromatic carbocycles. The molecule has 1 saturated carbocycles. The summed E-state index contributed by atoms with van der Waals surface area (Å²) in [5, 5.41) is 8.86. The number of hydrazine groups is 1. The zero-order valence-corrected chi connectivity index (χ0v) is 10.6. The van der Waals surface area contributed by atoms with Gasteiger partial charge in [0.1, 0.15) is 0 Å². The average Bonchev–Trinajstić information content (AvgIpc) is 2.72.